The molecule has 0 bridgehead atoms. The first-order valence-corrected chi connectivity index (χ1v) is 8.29. The SMILES string of the molecule is CCc1nc(C)c(NC(=O)N2CCC(c3n[nH]c(C)n3)C2)s1. The van der Waals surface area contributed by atoms with Crippen molar-refractivity contribution in [2.75, 3.05) is 18.4 Å². The van der Waals surface area contributed by atoms with E-state index in [0.29, 0.717) is 6.54 Å². The number of carbonyl (C=O) groups excluding carboxylic acids is 1. The topological polar surface area (TPSA) is 86.8 Å². The summed E-state index contributed by atoms with van der Waals surface area (Å²) in [6, 6.07) is -0.0656. The molecule has 1 atom stereocenters. The van der Waals surface area contributed by atoms with Gasteiger partial charge in [0.2, 0.25) is 0 Å². The number of H-pyrrole nitrogens is 1. The number of urea groups is 1. The molecule has 1 unspecified atom stereocenters. The van der Waals surface area contributed by atoms with E-state index in [9.17, 15) is 4.79 Å². The molecule has 3 heterocycles. The molecule has 1 aliphatic heterocycles. The summed E-state index contributed by atoms with van der Waals surface area (Å²) in [5.41, 5.74) is 0.885. The van der Waals surface area contributed by atoms with Crippen LogP contribution in [0, 0.1) is 13.8 Å². The molecule has 1 fully saturated rings. The second-order valence-electron chi connectivity index (χ2n) is 5.52. The average Bonchev–Trinajstić information content (AvgIpc) is 3.19. The Labute approximate surface area is 133 Å². The van der Waals surface area contributed by atoms with Crippen LogP contribution in [-0.4, -0.2) is 44.2 Å². The van der Waals surface area contributed by atoms with E-state index in [0.717, 1.165) is 46.7 Å². The van der Waals surface area contributed by atoms with Crippen molar-refractivity contribution in [2.24, 2.45) is 0 Å². The summed E-state index contributed by atoms with van der Waals surface area (Å²) in [5.74, 6) is 1.82. The maximum Gasteiger partial charge on any atom is 0.322 e. The van der Waals surface area contributed by atoms with Crippen LogP contribution >= 0.6 is 11.3 Å². The standard InChI is InChI=1S/C14H20N6OS/c1-4-11-15-8(2)13(22-11)17-14(21)20-6-5-10(7-20)12-16-9(3)18-19-12/h10H,4-7H2,1-3H3,(H,17,21)(H,16,18,19). The molecule has 7 nitrogen and oxygen atoms in total. The molecule has 0 aromatic carbocycles. The van der Waals surface area contributed by atoms with Crippen LogP contribution in [0.3, 0.4) is 0 Å². The summed E-state index contributed by atoms with van der Waals surface area (Å²) in [5, 5.41) is 11.9. The number of aryl methyl sites for hydroxylation is 3. The number of hydrogen-bond acceptors (Lipinski definition) is 5. The maximum absolute atomic E-state index is 12.4. The van der Waals surface area contributed by atoms with Crippen molar-refractivity contribution < 1.29 is 4.79 Å². The van der Waals surface area contributed by atoms with Crippen LogP contribution < -0.4 is 5.32 Å². The number of aromatic nitrogens is 4. The molecule has 22 heavy (non-hydrogen) atoms. The van der Waals surface area contributed by atoms with Crippen LogP contribution in [0.2, 0.25) is 0 Å². The summed E-state index contributed by atoms with van der Waals surface area (Å²) in [6.07, 6.45) is 1.78. The first-order chi connectivity index (χ1) is 10.6. The molecule has 118 valence electrons. The number of thiazole rings is 1. The second-order valence-corrected chi connectivity index (χ2v) is 6.60. The Morgan fingerprint density at radius 3 is 2.91 bits per heavy atom. The third-order valence-electron chi connectivity index (χ3n) is 3.82. The van der Waals surface area contributed by atoms with E-state index < -0.39 is 0 Å². The molecule has 0 spiro atoms. The lowest BCUT2D eigenvalue weighted by Crippen LogP contribution is -2.32. The lowest BCUT2D eigenvalue weighted by Gasteiger charge is -2.16. The Morgan fingerprint density at radius 2 is 2.27 bits per heavy atom. The Balaban J connectivity index is 1.62. The number of anilines is 1. The Morgan fingerprint density at radius 1 is 1.45 bits per heavy atom. The van der Waals surface area contributed by atoms with Gasteiger partial charge in [-0.1, -0.05) is 6.92 Å². The maximum atomic E-state index is 12.4. The van der Waals surface area contributed by atoms with E-state index >= 15 is 0 Å². The smallest absolute Gasteiger partial charge is 0.322 e. The fourth-order valence-electron chi connectivity index (χ4n) is 2.59. The van der Waals surface area contributed by atoms with Crippen molar-refractivity contribution in [3.63, 3.8) is 0 Å². The fraction of sp³-hybridized carbons (Fsp3) is 0.571. The highest BCUT2D eigenvalue weighted by Crippen LogP contribution is 2.27. The number of hydrogen-bond donors (Lipinski definition) is 2. The summed E-state index contributed by atoms with van der Waals surface area (Å²) in [7, 11) is 0. The minimum atomic E-state index is -0.0656. The van der Waals surface area contributed by atoms with Crippen molar-refractivity contribution in [1.29, 1.82) is 0 Å². The third-order valence-corrected chi connectivity index (χ3v) is 5.04. The Hall–Kier alpha value is -1.96. The largest absolute Gasteiger partial charge is 0.324 e. The monoisotopic (exact) mass is 320 g/mol. The van der Waals surface area contributed by atoms with Crippen LogP contribution in [0.25, 0.3) is 0 Å². The quantitative estimate of drug-likeness (QED) is 0.909. The predicted molar refractivity (Wildman–Crippen MR) is 85.3 cm³/mol. The van der Waals surface area contributed by atoms with Crippen molar-refractivity contribution >= 4 is 22.4 Å². The molecule has 0 radical (unpaired) electrons. The summed E-state index contributed by atoms with van der Waals surface area (Å²) in [4.78, 5) is 23.0. The molecular formula is C14H20N6OS. The lowest BCUT2D eigenvalue weighted by atomic mass is 10.1. The normalized spacial score (nSPS) is 18.0. The molecular weight excluding hydrogens is 300 g/mol. The Kier molecular flexibility index (Phi) is 4.10. The van der Waals surface area contributed by atoms with Crippen LogP contribution in [-0.2, 0) is 6.42 Å². The zero-order chi connectivity index (χ0) is 15.7. The summed E-state index contributed by atoms with van der Waals surface area (Å²) in [6.45, 7) is 7.25. The second kappa shape index (κ2) is 6.04. The number of likely N-dealkylation sites (tertiary alicyclic amines) is 1. The highest BCUT2D eigenvalue weighted by atomic mass is 32.1. The molecule has 2 amide bonds. The molecule has 1 aliphatic rings. The Bertz CT molecular complexity index is 679. The number of rotatable bonds is 3. The van der Waals surface area contributed by atoms with Gasteiger partial charge in [0.15, 0.2) is 5.82 Å². The summed E-state index contributed by atoms with van der Waals surface area (Å²) >= 11 is 1.55. The third kappa shape index (κ3) is 2.96. The first kappa shape index (κ1) is 15.0. The number of aromatic amines is 1. The zero-order valence-corrected chi connectivity index (χ0v) is 13.8. The van der Waals surface area contributed by atoms with Gasteiger partial charge in [-0.15, -0.1) is 11.3 Å². The van der Waals surface area contributed by atoms with Crippen LogP contribution in [0.1, 0.15) is 41.6 Å². The van der Waals surface area contributed by atoms with E-state index in [4.69, 9.17) is 0 Å². The predicted octanol–water partition coefficient (Wildman–Crippen LogP) is 2.46. The molecule has 0 aliphatic carbocycles. The van der Waals surface area contributed by atoms with E-state index in [-0.39, 0.29) is 11.9 Å². The van der Waals surface area contributed by atoms with Gasteiger partial charge >= 0.3 is 6.03 Å². The van der Waals surface area contributed by atoms with Crippen molar-refractivity contribution in [1.82, 2.24) is 25.1 Å². The van der Waals surface area contributed by atoms with Crippen LogP contribution in [0.5, 0.6) is 0 Å². The fourth-order valence-corrected chi connectivity index (χ4v) is 3.49. The minimum absolute atomic E-state index is 0.0656. The van der Waals surface area contributed by atoms with E-state index in [1.807, 2.05) is 18.7 Å². The molecule has 3 rings (SSSR count). The van der Waals surface area contributed by atoms with Gasteiger partial charge in [0, 0.05) is 19.0 Å². The highest BCUT2D eigenvalue weighted by Gasteiger charge is 2.30. The average molecular weight is 320 g/mol. The molecule has 2 N–H and O–H groups in total. The number of carbonyl (C=O) groups is 1. The number of amides is 2. The van der Waals surface area contributed by atoms with Crippen molar-refractivity contribution in [3.8, 4) is 0 Å². The van der Waals surface area contributed by atoms with Gasteiger partial charge in [0.05, 0.1) is 10.7 Å². The van der Waals surface area contributed by atoms with Crippen LogP contribution in [0.4, 0.5) is 9.80 Å². The number of nitrogens with zero attached hydrogens (tertiary/aromatic N) is 4. The molecule has 1 saturated heterocycles. The van der Waals surface area contributed by atoms with E-state index in [1.165, 1.54) is 0 Å². The highest BCUT2D eigenvalue weighted by molar-refractivity contribution is 7.16. The number of nitrogens with one attached hydrogen (secondary N) is 2. The molecule has 2 aromatic heterocycles. The van der Waals surface area contributed by atoms with Gasteiger partial charge in [0.1, 0.15) is 10.8 Å². The van der Waals surface area contributed by atoms with Crippen LogP contribution in [0.15, 0.2) is 0 Å². The van der Waals surface area contributed by atoms with Crippen molar-refractivity contribution in [3.05, 3.63) is 22.4 Å². The molecule has 2 aromatic rings. The molecule has 8 heteroatoms. The van der Waals surface area contributed by atoms with Gasteiger partial charge in [-0.2, -0.15) is 5.10 Å². The lowest BCUT2D eigenvalue weighted by molar-refractivity contribution is 0.222. The van der Waals surface area contributed by atoms with E-state index in [2.05, 4.69) is 32.4 Å². The van der Waals surface area contributed by atoms with E-state index in [1.54, 1.807) is 11.3 Å². The van der Waals surface area contributed by atoms with Gasteiger partial charge in [-0.25, -0.2) is 14.8 Å². The van der Waals surface area contributed by atoms with Gasteiger partial charge < -0.3 is 4.90 Å². The van der Waals surface area contributed by atoms with Gasteiger partial charge in [0.25, 0.3) is 0 Å². The zero-order valence-electron chi connectivity index (χ0n) is 13.0. The van der Waals surface area contributed by atoms with Crippen molar-refractivity contribution in [2.45, 2.75) is 39.5 Å². The van der Waals surface area contributed by atoms with Gasteiger partial charge in [-0.05, 0) is 26.7 Å². The van der Waals surface area contributed by atoms with Gasteiger partial charge in [-0.3, -0.25) is 10.4 Å². The molecule has 0 saturated carbocycles. The first-order valence-electron chi connectivity index (χ1n) is 7.48. The minimum Gasteiger partial charge on any atom is -0.324 e. The summed E-state index contributed by atoms with van der Waals surface area (Å²) < 4.78 is 0.